The molecular formula is C18H20N4O3. The van der Waals surface area contributed by atoms with Crippen LogP contribution in [0.1, 0.15) is 35.3 Å². The number of rotatable bonds is 4. The summed E-state index contributed by atoms with van der Waals surface area (Å²) < 4.78 is 1.26. The molecule has 25 heavy (non-hydrogen) atoms. The summed E-state index contributed by atoms with van der Waals surface area (Å²) in [7, 11) is 0. The zero-order valence-electron chi connectivity index (χ0n) is 13.8. The second-order valence-electron chi connectivity index (χ2n) is 6.11. The minimum atomic E-state index is -0.613. The van der Waals surface area contributed by atoms with Crippen LogP contribution in [0.4, 0.5) is 0 Å². The number of nitrogens with zero attached hydrogens (tertiary/aromatic N) is 3. The second kappa shape index (κ2) is 7.29. The zero-order valence-corrected chi connectivity index (χ0v) is 13.8. The highest BCUT2D eigenvalue weighted by Crippen LogP contribution is 2.18. The lowest BCUT2D eigenvalue weighted by atomic mass is 10.0. The van der Waals surface area contributed by atoms with Crippen molar-refractivity contribution in [2.45, 2.75) is 31.8 Å². The Morgan fingerprint density at radius 1 is 1.12 bits per heavy atom. The number of hydrogen-bond acceptors (Lipinski definition) is 4. The summed E-state index contributed by atoms with van der Waals surface area (Å²) >= 11 is 0. The van der Waals surface area contributed by atoms with Crippen LogP contribution in [0.5, 0.6) is 0 Å². The molecule has 1 unspecified atom stereocenters. The van der Waals surface area contributed by atoms with Crippen molar-refractivity contribution in [3.05, 3.63) is 64.1 Å². The van der Waals surface area contributed by atoms with E-state index in [0.717, 1.165) is 18.4 Å². The summed E-state index contributed by atoms with van der Waals surface area (Å²) in [6.45, 7) is 0.742. The number of hydrogen-bond donors (Lipinski definition) is 1. The molecule has 7 heteroatoms. The molecule has 1 saturated heterocycles. The van der Waals surface area contributed by atoms with Gasteiger partial charge in [0.1, 0.15) is 11.7 Å². The molecule has 1 aliphatic heterocycles. The van der Waals surface area contributed by atoms with Crippen LogP contribution in [0.2, 0.25) is 0 Å². The van der Waals surface area contributed by atoms with Crippen molar-refractivity contribution >= 4 is 11.8 Å². The van der Waals surface area contributed by atoms with Crippen molar-refractivity contribution in [3.8, 4) is 0 Å². The number of likely N-dealkylation sites (tertiary alicyclic amines) is 1. The van der Waals surface area contributed by atoms with Crippen LogP contribution < -0.4 is 11.3 Å². The molecule has 2 amide bonds. The molecule has 3 rings (SSSR count). The van der Waals surface area contributed by atoms with Crippen LogP contribution in [0.25, 0.3) is 0 Å². The van der Waals surface area contributed by atoms with Gasteiger partial charge in [0.15, 0.2) is 0 Å². The van der Waals surface area contributed by atoms with Gasteiger partial charge in [0.05, 0.1) is 6.54 Å². The van der Waals surface area contributed by atoms with Crippen LogP contribution in [0.15, 0.2) is 47.3 Å². The van der Waals surface area contributed by atoms with Crippen molar-refractivity contribution in [1.29, 1.82) is 0 Å². The Morgan fingerprint density at radius 2 is 1.88 bits per heavy atom. The molecule has 1 aromatic heterocycles. The van der Waals surface area contributed by atoms with Gasteiger partial charge in [0.2, 0.25) is 5.91 Å². The van der Waals surface area contributed by atoms with Gasteiger partial charge in [-0.1, -0.05) is 30.3 Å². The Labute approximate surface area is 145 Å². The fourth-order valence-electron chi connectivity index (χ4n) is 3.05. The Balaban J connectivity index is 1.87. The lowest BCUT2D eigenvalue weighted by molar-refractivity contribution is -0.123. The largest absolute Gasteiger partial charge is 0.368 e. The van der Waals surface area contributed by atoms with Gasteiger partial charge in [0.25, 0.3) is 11.5 Å². The molecule has 1 aromatic carbocycles. The van der Waals surface area contributed by atoms with Gasteiger partial charge in [0, 0.05) is 12.6 Å². The molecule has 2 N–H and O–H groups in total. The summed E-state index contributed by atoms with van der Waals surface area (Å²) in [6.07, 6.45) is 2.24. The fraction of sp³-hybridized carbons (Fsp3) is 0.333. The topological polar surface area (TPSA) is 98.3 Å². The number of carbonyl (C=O) groups is 2. The number of primary amides is 1. The molecule has 1 fully saturated rings. The Hall–Kier alpha value is -2.96. The third kappa shape index (κ3) is 3.76. The van der Waals surface area contributed by atoms with E-state index in [1.807, 2.05) is 30.3 Å². The Bertz CT molecular complexity index is 832. The average molecular weight is 340 g/mol. The minimum absolute atomic E-state index is 0.142. The Morgan fingerprint density at radius 3 is 2.60 bits per heavy atom. The number of amides is 2. The van der Waals surface area contributed by atoms with E-state index >= 15 is 0 Å². The predicted octanol–water partition coefficient (Wildman–Crippen LogP) is 0.772. The first-order chi connectivity index (χ1) is 12.1. The summed E-state index contributed by atoms with van der Waals surface area (Å²) in [5.41, 5.74) is 6.19. The summed E-state index contributed by atoms with van der Waals surface area (Å²) in [5.74, 6) is -0.879. The van der Waals surface area contributed by atoms with E-state index in [4.69, 9.17) is 5.73 Å². The van der Waals surface area contributed by atoms with Crippen molar-refractivity contribution in [3.63, 3.8) is 0 Å². The maximum Gasteiger partial charge on any atom is 0.274 e. The highest BCUT2D eigenvalue weighted by atomic mass is 16.2. The molecule has 0 saturated carbocycles. The van der Waals surface area contributed by atoms with E-state index in [-0.39, 0.29) is 23.7 Å². The number of nitrogens with two attached hydrogens (primary N) is 1. The molecule has 7 nitrogen and oxygen atoms in total. The Kier molecular flexibility index (Phi) is 4.92. The van der Waals surface area contributed by atoms with Gasteiger partial charge in [-0.05, 0) is 30.9 Å². The summed E-state index contributed by atoms with van der Waals surface area (Å²) in [4.78, 5) is 37.9. The maximum atomic E-state index is 12.8. The summed E-state index contributed by atoms with van der Waals surface area (Å²) in [5, 5.41) is 4.20. The van der Waals surface area contributed by atoms with Gasteiger partial charge in [-0.2, -0.15) is 5.10 Å². The SMILES string of the molecule is NC(=O)C1CCCCN1C(=O)c1ccc(=O)n(Cc2ccccc2)n1. The standard InChI is InChI=1S/C18H20N4O3/c19-17(24)15-8-4-5-11-21(15)18(25)14-9-10-16(23)22(20-14)12-13-6-2-1-3-7-13/h1-3,6-7,9-10,15H,4-5,8,11-12H2,(H2,19,24). The first-order valence-corrected chi connectivity index (χ1v) is 8.28. The van der Waals surface area contributed by atoms with Crippen molar-refractivity contribution in [2.75, 3.05) is 6.54 Å². The van der Waals surface area contributed by atoms with Gasteiger partial charge >= 0.3 is 0 Å². The number of piperidine rings is 1. The normalized spacial score (nSPS) is 17.3. The molecule has 2 heterocycles. The number of benzene rings is 1. The summed E-state index contributed by atoms with van der Waals surface area (Å²) in [6, 6.07) is 11.5. The third-order valence-electron chi connectivity index (χ3n) is 4.35. The monoisotopic (exact) mass is 340 g/mol. The molecule has 1 atom stereocenters. The molecular weight excluding hydrogens is 320 g/mol. The van der Waals surface area contributed by atoms with Crippen molar-refractivity contribution in [2.24, 2.45) is 5.73 Å². The van der Waals surface area contributed by atoms with Crippen LogP contribution in [-0.2, 0) is 11.3 Å². The zero-order chi connectivity index (χ0) is 17.8. The van der Waals surface area contributed by atoms with Crippen molar-refractivity contribution in [1.82, 2.24) is 14.7 Å². The van der Waals surface area contributed by atoms with Crippen LogP contribution in [-0.4, -0.2) is 39.1 Å². The lowest BCUT2D eigenvalue weighted by Gasteiger charge is -2.33. The molecule has 0 radical (unpaired) electrons. The molecule has 0 spiro atoms. The maximum absolute atomic E-state index is 12.8. The van der Waals surface area contributed by atoms with Crippen molar-refractivity contribution < 1.29 is 9.59 Å². The van der Waals surface area contributed by atoms with Gasteiger partial charge in [-0.25, -0.2) is 4.68 Å². The first-order valence-electron chi connectivity index (χ1n) is 8.28. The molecule has 0 aliphatic carbocycles. The minimum Gasteiger partial charge on any atom is -0.368 e. The highest BCUT2D eigenvalue weighted by Gasteiger charge is 2.32. The lowest BCUT2D eigenvalue weighted by Crippen LogP contribution is -2.50. The fourth-order valence-corrected chi connectivity index (χ4v) is 3.05. The molecule has 0 bridgehead atoms. The van der Waals surface area contributed by atoms with Crippen LogP contribution >= 0.6 is 0 Å². The van der Waals surface area contributed by atoms with E-state index in [1.54, 1.807) is 0 Å². The highest BCUT2D eigenvalue weighted by molar-refractivity contribution is 5.95. The van der Waals surface area contributed by atoms with E-state index in [2.05, 4.69) is 5.10 Å². The molecule has 130 valence electrons. The van der Waals surface area contributed by atoms with E-state index < -0.39 is 11.9 Å². The smallest absolute Gasteiger partial charge is 0.274 e. The number of carbonyl (C=O) groups excluding carboxylic acids is 2. The molecule has 1 aliphatic rings. The van der Waals surface area contributed by atoms with E-state index in [0.29, 0.717) is 13.0 Å². The number of aromatic nitrogens is 2. The third-order valence-corrected chi connectivity index (χ3v) is 4.35. The predicted molar refractivity (Wildman–Crippen MR) is 91.9 cm³/mol. The van der Waals surface area contributed by atoms with Gasteiger partial charge in [-0.15, -0.1) is 0 Å². The van der Waals surface area contributed by atoms with Gasteiger partial charge < -0.3 is 10.6 Å². The van der Waals surface area contributed by atoms with E-state index in [1.165, 1.54) is 21.7 Å². The second-order valence-corrected chi connectivity index (χ2v) is 6.11. The van der Waals surface area contributed by atoms with Crippen LogP contribution in [0, 0.1) is 0 Å². The molecule has 2 aromatic rings. The average Bonchev–Trinajstić information content (AvgIpc) is 2.64. The van der Waals surface area contributed by atoms with Gasteiger partial charge in [-0.3, -0.25) is 14.4 Å². The first kappa shape index (κ1) is 16.9. The quantitative estimate of drug-likeness (QED) is 0.889. The van der Waals surface area contributed by atoms with Crippen LogP contribution in [0.3, 0.4) is 0 Å². The van der Waals surface area contributed by atoms with E-state index in [9.17, 15) is 14.4 Å².